The summed E-state index contributed by atoms with van der Waals surface area (Å²) in [7, 11) is 0. The van der Waals surface area contributed by atoms with Crippen LogP contribution in [-0.2, 0) is 11.2 Å². The van der Waals surface area contributed by atoms with E-state index in [1.54, 1.807) is 11.3 Å². The highest BCUT2D eigenvalue weighted by Crippen LogP contribution is 2.20. The summed E-state index contributed by atoms with van der Waals surface area (Å²) >= 11 is 1.75. The van der Waals surface area contributed by atoms with Crippen molar-refractivity contribution in [3.8, 4) is 0 Å². The van der Waals surface area contributed by atoms with Crippen molar-refractivity contribution >= 4 is 11.3 Å². The zero-order valence-electron chi connectivity index (χ0n) is 10.6. The summed E-state index contributed by atoms with van der Waals surface area (Å²) in [4.78, 5) is 5.65. The fourth-order valence-electron chi connectivity index (χ4n) is 2.25. The number of aryl methyl sites for hydroxylation is 1. The van der Waals surface area contributed by atoms with Crippen molar-refractivity contribution in [3.63, 3.8) is 0 Å². The van der Waals surface area contributed by atoms with Crippen LogP contribution in [0.15, 0.2) is 5.51 Å². The van der Waals surface area contributed by atoms with Gasteiger partial charge < -0.3 is 10.1 Å². The Kier molecular flexibility index (Phi) is 5.42. The van der Waals surface area contributed by atoms with Crippen LogP contribution in [0.5, 0.6) is 0 Å². The molecule has 0 radical (unpaired) electrons. The number of thiazole rings is 1. The highest BCUT2D eigenvalue weighted by molar-refractivity contribution is 7.09. The molecule has 0 atom stereocenters. The zero-order valence-corrected chi connectivity index (χ0v) is 11.4. The highest BCUT2D eigenvalue weighted by Gasteiger charge is 2.14. The first-order valence-electron chi connectivity index (χ1n) is 6.57. The SMILES string of the molecule is Cc1ncsc1CCNCCOC1CCCC1. The van der Waals surface area contributed by atoms with Gasteiger partial charge in [0.2, 0.25) is 0 Å². The summed E-state index contributed by atoms with van der Waals surface area (Å²) in [6.45, 7) is 4.92. The molecule has 1 N–H and O–H groups in total. The number of nitrogens with one attached hydrogen (secondary N) is 1. The Morgan fingerprint density at radius 1 is 1.41 bits per heavy atom. The minimum atomic E-state index is 0.542. The molecule has 96 valence electrons. The quantitative estimate of drug-likeness (QED) is 0.759. The van der Waals surface area contributed by atoms with Gasteiger partial charge in [0, 0.05) is 18.0 Å². The maximum Gasteiger partial charge on any atom is 0.0797 e. The van der Waals surface area contributed by atoms with Crippen molar-refractivity contribution in [2.24, 2.45) is 0 Å². The van der Waals surface area contributed by atoms with Gasteiger partial charge in [-0.3, -0.25) is 0 Å². The predicted molar refractivity (Wildman–Crippen MR) is 71.6 cm³/mol. The Morgan fingerprint density at radius 3 is 2.94 bits per heavy atom. The van der Waals surface area contributed by atoms with E-state index in [2.05, 4.69) is 17.2 Å². The van der Waals surface area contributed by atoms with E-state index in [9.17, 15) is 0 Å². The Hall–Kier alpha value is -0.450. The lowest BCUT2D eigenvalue weighted by Crippen LogP contribution is -2.24. The van der Waals surface area contributed by atoms with Gasteiger partial charge in [0.1, 0.15) is 0 Å². The molecule has 3 nitrogen and oxygen atoms in total. The van der Waals surface area contributed by atoms with Gasteiger partial charge in [-0.05, 0) is 26.2 Å². The molecule has 1 aromatic heterocycles. The lowest BCUT2D eigenvalue weighted by atomic mass is 10.3. The summed E-state index contributed by atoms with van der Waals surface area (Å²) in [5, 5.41) is 3.43. The Morgan fingerprint density at radius 2 is 2.24 bits per heavy atom. The molecule has 0 amide bonds. The van der Waals surface area contributed by atoms with Gasteiger partial charge >= 0.3 is 0 Å². The van der Waals surface area contributed by atoms with Gasteiger partial charge in [0.25, 0.3) is 0 Å². The van der Waals surface area contributed by atoms with Crippen LogP contribution < -0.4 is 5.32 Å². The molecule has 1 heterocycles. The molecule has 0 saturated heterocycles. The molecule has 1 saturated carbocycles. The third-order valence-electron chi connectivity index (χ3n) is 3.31. The largest absolute Gasteiger partial charge is 0.377 e. The zero-order chi connectivity index (χ0) is 11.9. The maximum absolute atomic E-state index is 5.79. The van der Waals surface area contributed by atoms with E-state index in [-0.39, 0.29) is 0 Å². The smallest absolute Gasteiger partial charge is 0.0797 e. The van der Waals surface area contributed by atoms with E-state index in [0.717, 1.165) is 26.1 Å². The van der Waals surface area contributed by atoms with Gasteiger partial charge in [-0.25, -0.2) is 4.98 Å². The Bertz CT molecular complexity index is 321. The number of rotatable bonds is 7. The number of aromatic nitrogens is 1. The first kappa shape index (κ1) is 13.0. The number of hydrogen-bond donors (Lipinski definition) is 1. The van der Waals surface area contributed by atoms with Crippen molar-refractivity contribution in [3.05, 3.63) is 16.1 Å². The summed E-state index contributed by atoms with van der Waals surface area (Å²) in [6.07, 6.45) is 6.85. The topological polar surface area (TPSA) is 34.2 Å². The van der Waals surface area contributed by atoms with Crippen LogP contribution in [-0.4, -0.2) is 30.8 Å². The van der Waals surface area contributed by atoms with E-state index < -0.39 is 0 Å². The molecule has 1 aromatic rings. The van der Waals surface area contributed by atoms with Crippen LogP contribution in [0.4, 0.5) is 0 Å². The Labute approximate surface area is 108 Å². The Balaban J connectivity index is 1.47. The molecular weight excluding hydrogens is 232 g/mol. The summed E-state index contributed by atoms with van der Waals surface area (Å²) in [5.41, 5.74) is 3.10. The third-order valence-corrected chi connectivity index (χ3v) is 4.30. The van der Waals surface area contributed by atoms with Crippen molar-refractivity contribution in [1.29, 1.82) is 0 Å². The fourth-order valence-corrected chi connectivity index (χ4v) is 3.03. The average molecular weight is 254 g/mol. The van der Waals surface area contributed by atoms with Gasteiger partial charge in [-0.2, -0.15) is 0 Å². The van der Waals surface area contributed by atoms with Crippen LogP contribution in [0.2, 0.25) is 0 Å². The lowest BCUT2D eigenvalue weighted by Gasteiger charge is -2.11. The normalized spacial score (nSPS) is 16.8. The van der Waals surface area contributed by atoms with Crippen LogP contribution in [0, 0.1) is 6.92 Å². The molecule has 17 heavy (non-hydrogen) atoms. The molecule has 0 unspecified atom stereocenters. The van der Waals surface area contributed by atoms with Crippen LogP contribution >= 0.6 is 11.3 Å². The van der Waals surface area contributed by atoms with Gasteiger partial charge in [-0.15, -0.1) is 11.3 Å². The first-order chi connectivity index (χ1) is 8.36. The summed E-state index contributed by atoms with van der Waals surface area (Å²) in [6, 6.07) is 0. The first-order valence-corrected chi connectivity index (χ1v) is 7.45. The van der Waals surface area contributed by atoms with Crippen molar-refractivity contribution in [2.75, 3.05) is 19.7 Å². The molecular formula is C13H22N2OS. The maximum atomic E-state index is 5.79. The average Bonchev–Trinajstić information content (AvgIpc) is 2.95. The van der Waals surface area contributed by atoms with E-state index >= 15 is 0 Å². The van der Waals surface area contributed by atoms with Crippen LogP contribution in [0.3, 0.4) is 0 Å². The molecule has 0 aliphatic heterocycles. The third kappa shape index (κ3) is 4.37. The molecule has 2 rings (SSSR count). The molecule has 0 spiro atoms. The summed E-state index contributed by atoms with van der Waals surface area (Å²) < 4.78 is 5.79. The van der Waals surface area contributed by atoms with Gasteiger partial charge in [-0.1, -0.05) is 12.8 Å². The standard InChI is InChI=1S/C13H22N2OS/c1-11-13(17-10-15-11)6-7-14-8-9-16-12-4-2-3-5-12/h10,12,14H,2-9H2,1H3. The lowest BCUT2D eigenvalue weighted by molar-refractivity contribution is 0.0605. The second-order valence-corrected chi connectivity index (χ2v) is 5.58. The highest BCUT2D eigenvalue weighted by atomic mass is 32.1. The fraction of sp³-hybridized carbons (Fsp3) is 0.769. The van der Waals surface area contributed by atoms with Gasteiger partial charge in [0.15, 0.2) is 0 Å². The van der Waals surface area contributed by atoms with Gasteiger partial charge in [0.05, 0.1) is 23.9 Å². The number of hydrogen-bond acceptors (Lipinski definition) is 4. The minimum absolute atomic E-state index is 0.542. The van der Waals surface area contributed by atoms with E-state index in [1.807, 2.05) is 5.51 Å². The van der Waals surface area contributed by atoms with E-state index in [4.69, 9.17) is 4.74 Å². The van der Waals surface area contributed by atoms with E-state index in [1.165, 1.54) is 36.3 Å². The number of ether oxygens (including phenoxy) is 1. The second kappa shape index (κ2) is 7.09. The van der Waals surface area contributed by atoms with Crippen LogP contribution in [0.1, 0.15) is 36.3 Å². The van der Waals surface area contributed by atoms with Crippen molar-refractivity contribution in [2.45, 2.75) is 45.1 Å². The van der Waals surface area contributed by atoms with E-state index in [0.29, 0.717) is 6.10 Å². The molecule has 0 aromatic carbocycles. The summed E-state index contributed by atoms with van der Waals surface area (Å²) in [5.74, 6) is 0. The minimum Gasteiger partial charge on any atom is -0.377 e. The van der Waals surface area contributed by atoms with Crippen molar-refractivity contribution < 1.29 is 4.74 Å². The van der Waals surface area contributed by atoms with Crippen LogP contribution in [0.25, 0.3) is 0 Å². The molecule has 0 bridgehead atoms. The molecule has 1 fully saturated rings. The number of nitrogens with zero attached hydrogens (tertiary/aromatic N) is 1. The monoisotopic (exact) mass is 254 g/mol. The molecule has 4 heteroatoms. The molecule has 1 aliphatic carbocycles. The predicted octanol–water partition coefficient (Wildman–Crippen LogP) is 2.54. The molecule has 1 aliphatic rings. The second-order valence-electron chi connectivity index (χ2n) is 4.64. The van der Waals surface area contributed by atoms with Crippen molar-refractivity contribution in [1.82, 2.24) is 10.3 Å².